The molecule has 0 atom stereocenters. The van der Waals surface area contributed by atoms with Gasteiger partial charge in [0.15, 0.2) is 0 Å². The van der Waals surface area contributed by atoms with Crippen LogP contribution in [0.4, 0.5) is 0 Å². The van der Waals surface area contributed by atoms with Crippen molar-refractivity contribution in [3.63, 3.8) is 0 Å². The molecular formula is C43H33N3. The summed E-state index contributed by atoms with van der Waals surface area (Å²) in [5.41, 5.74) is 16.1. The van der Waals surface area contributed by atoms with Crippen LogP contribution < -0.4 is 0 Å². The Morgan fingerprint density at radius 1 is 0.500 bits per heavy atom. The highest BCUT2D eigenvalue weighted by Crippen LogP contribution is 2.54. The molecule has 0 fully saturated rings. The highest BCUT2D eigenvalue weighted by atomic mass is 15.1. The van der Waals surface area contributed by atoms with Gasteiger partial charge in [0, 0.05) is 32.9 Å². The van der Waals surface area contributed by atoms with E-state index in [1.807, 2.05) is 0 Å². The predicted octanol–water partition coefficient (Wildman–Crippen LogP) is 10.7. The minimum absolute atomic E-state index is 0.0706. The van der Waals surface area contributed by atoms with Gasteiger partial charge in [-0.05, 0) is 88.0 Å². The van der Waals surface area contributed by atoms with Crippen LogP contribution in [-0.4, -0.2) is 14.1 Å². The maximum Gasteiger partial charge on any atom is 0.145 e. The summed E-state index contributed by atoms with van der Waals surface area (Å²) in [6.07, 6.45) is 0. The van der Waals surface area contributed by atoms with Crippen molar-refractivity contribution in [2.24, 2.45) is 0 Å². The SMILES string of the molecule is CC1(C)c2ccccc2-c2cc3c4cc(-c5nc6ccccc6n5-c5ccccc5)cc5c4n(c3cc21)-c1ccccc1C5(C)C. The molecule has 0 N–H and O–H groups in total. The number of hydrogen-bond donors (Lipinski definition) is 0. The van der Waals surface area contributed by atoms with E-state index in [1.54, 1.807) is 0 Å². The molecule has 0 bridgehead atoms. The van der Waals surface area contributed by atoms with Crippen LogP contribution in [-0.2, 0) is 10.8 Å². The van der Waals surface area contributed by atoms with Gasteiger partial charge in [-0.2, -0.15) is 0 Å². The van der Waals surface area contributed by atoms with Crippen molar-refractivity contribution < 1.29 is 0 Å². The first-order valence-electron chi connectivity index (χ1n) is 16.2. The number of para-hydroxylation sites is 4. The van der Waals surface area contributed by atoms with Crippen molar-refractivity contribution >= 4 is 32.8 Å². The number of nitrogens with zero attached hydrogens (tertiary/aromatic N) is 3. The quantitative estimate of drug-likeness (QED) is 0.196. The predicted molar refractivity (Wildman–Crippen MR) is 191 cm³/mol. The highest BCUT2D eigenvalue weighted by Gasteiger charge is 2.39. The highest BCUT2D eigenvalue weighted by molar-refractivity contribution is 6.14. The van der Waals surface area contributed by atoms with Gasteiger partial charge in [0.1, 0.15) is 5.82 Å². The van der Waals surface area contributed by atoms with Crippen LogP contribution in [0.25, 0.3) is 66.7 Å². The lowest BCUT2D eigenvalue weighted by atomic mass is 9.74. The first kappa shape index (κ1) is 25.9. The lowest BCUT2D eigenvalue weighted by Crippen LogP contribution is -2.26. The average Bonchev–Trinajstić information content (AvgIpc) is 3.70. The summed E-state index contributed by atoms with van der Waals surface area (Å²) < 4.78 is 4.87. The molecule has 0 amide bonds. The van der Waals surface area contributed by atoms with Gasteiger partial charge in [-0.1, -0.05) is 100 Å². The van der Waals surface area contributed by atoms with E-state index in [0.717, 1.165) is 28.1 Å². The largest absolute Gasteiger partial charge is 0.309 e. The van der Waals surface area contributed by atoms with Crippen molar-refractivity contribution in [2.45, 2.75) is 38.5 Å². The maximum absolute atomic E-state index is 5.30. The number of rotatable bonds is 2. The summed E-state index contributed by atoms with van der Waals surface area (Å²) in [7, 11) is 0. The molecule has 1 aliphatic carbocycles. The van der Waals surface area contributed by atoms with Crippen LogP contribution in [0.5, 0.6) is 0 Å². The number of imidazole rings is 1. The third-order valence-electron chi connectivity index (χ3n) is 10.9. The summed E-state index contributed by atoms with van der Waals surface area (Å²) >= 11 is 0. The summed E-state index contributed by atoms with van der Waals surface area (Å²) in [5, 5.41) is 2.57. The second-order valence-corrected chi connectivity index (χ2v) is 14.1. The molecule has 0 saturated heterocycles. The molecule has 0 spiro atoms. The third kappa shape index (κ3) is 3.15. The zero-order valence-electron chi connectivity index (χ0n) is 26.5. The van der Waals surface area contributed by atoms with E-state index >= 15 is 0 Å². The molecule has 1 aliphatic heterocycles. The lowest BCUT2D eigenvalue weighted by Gasteiger charge is -2.35. The van der Waals surface area contributed by atoms with Gasteiger partial charge in [-0.3, -0.25) is 4.57 Å². The summed E-state index contributed by atoms with van der Waals surface area (Å²) in [6.45, 7) is 9.50. The van der Waals surface area contributed by atoms with Crippen molar-refractivity contribution in [2.75, 3.05) is 0 Å². The fraction of sp³-hybridized carbons (Fsp3) is 0.140. The zero-order chi connectivity index (χ0) is 30.9. The lowest BCUT2D eigenvalue weighted by molar-refractivity contribution is 0.630. The van der Waals surface area contributed by atoms with Gasteiger partial charge in [0.2, 0.25) is 0 Å². The molecule has 3 heterocycles. The Bertz CT molecular complexity index is 2580. The van der Waals surface area contributed by atoms with Gasteiger partial charge >= 0.3 is 0 Å². The second-order valence-electron chi connectivity index (χ2n) is 14.1. The smallest absolute Gasteiger partial charge is 0.145 e. The molecule has 0 unspecified atom stereocenters. The number of hydrogen-bond acceptors (Lipinski definition) is 1. The van der Waals surface area contributed by atoms with E-state index in [4.69, 9.17) is 4.98 Å². The molecule has 0 radical (unpaired) electrons. The molecule has 8 aromatic rings. The minimum Gasteiger partial charge on any atom is -0.309 e. The monoisotopic (exact) mass is 591 g/mol. The van der Waals surface area contributed by atoms with Gasteiger partial charge in [-0.25, -0.2) is 4.98 Å². The van der Waals surface area contributed by atoms with Gasteiger partial charge in [0.25, 0.3) is 0 Å². The Hall–Kier alpha value is -5.41. The first-order chi connectivity index (χ1) is 22.3. The zero-order valence-corrected chi connectivity index (χ0v) is 26.5. The fourth-order valence-corrected chi connectivity index (χ4v) is 8.59. The molecule has 3 heteroatoms. The van der Waals surface area contributed by atoms with Crippen molar-refractivity contribution in [1.82, 2.24) is 14.1 Å². The second kappa shape index (κ2) is 8.64. The summed E-state index contributed by atoms with van der Waals surface area (Å²) in [4.78, 5) is 5.30. The fourth-order valence-electron chi connectivity index (χ4n) is 8.59. The van der Waals surface area contributed by atoms with Crippen LogP contribution in [0.2, 0.25) is 0 Å². The Balaban J connectivity index is 1.37. The Morgan fingerprint density at radius 3 is 2.04 bits per heavy atom. The molecule has 6 aromatic carbocycles. The van der Waals surface area contributed by atoms with Crippen LogP contribution >= 0.6 is 0 Å². The maximum atomic E-state index is 5.30. The molecule has 220 valence electrons. The van der Waals surface area contributed by atoms with E-state index in [-0.39, 0.29) is 10.8 Å². The van der Waals surface area contributed by atoms with E-state index < -0.39 is 0 Å². The molecule has 2 aliphatic rings. The van der Waals surface area contributed by atoms with Crippen LogP contribution in [0.15, 0.2) is 127 Å². The topological polar surface area (TPSA) is 22.8 Å². The van der Waals surface area contributed by atoms with Crippen molar-refractivity contribution in [1.29, 1.82) is 0 Å². The Morgan fingerprint density at radius 2 is 1.20 bits per heavy atom. The van der Waals surface area contributed by atoms with E-state index in [1.165, 1.54) is 60.9 Å². The molecule has 3 nitrogen and oxygen atoms in total. The molecular weight excluding hydrogens is 558 g/mol. The molecule has 2 aromatic heterocycles. The molecule has 0 saturated carbocycles. The normalized spacial score (nSPS) is 15.3. The number of benzene rings is 6. The minimum atomic E-state index is -0.201. The van der Waals surface area contributed by atoms with Crippen molar-refractivity contribution in [3.05, 3.63) is 150 Å². The average molecular weight is 592 g/mol. The van der Waals surface area contributed by atoms with Crippen LogP contribution in [0.1, 0.15) is 49.9 Å². The van der Waals surface area contributed by atoms with Crippen LogP contribution in [0.3, 0.4) is 0 Å². The van der Waals surface area contributed by atoms with Gasteiger partial charge < -0.3 is 4.57 Å². The summed E-state index contributed by atoms with van der Waals surface area (Å²) in [5.74, 6) is 0.966. The van der Waals surface area contributed by atoms with Crippen molar-refractivity contribution in [3.8, 4) is 33.9 Å². The van der Waals surface area contributed by atoms with Crippen LogP contribution in [0, 0.1) is 0 Å². The van der Waals surface area contributed by atoms with E-state index in [2.05, 4.69) is 164 Å². The third-order valence-corrected chi connectivity index (χ3v) is 10.9. The Labute approximate surface area is 268 Å². The number of aromatic nitrogens is 3. The molecule has 46 heavy (non-hydrogen) atoms. The summed E-state index contributed by atoms with van der Waals surface area (Å²) in [6, 6.07) is 46.8. The van der Waals surface area contributed by atoms with Gasteiger partial charge in [0.05, 0.1) is 27.8 Å². The number of fused-ring (bicyclic) bond motifs is 9. The standard InChI is InChI=1S/C43H33N3/c1-42(2)32-17-9-8-16-28(32)29-24-30-31-22-26(41-44-36-19-11-13-21-38(36)45(41)27-14-6-5-7-15-27)23-35-40(31)46(39(30)25-34(29)42)37-20-12-10-18-33(37)43(35,3)4/h5-25H,1-4H3. The van der Waals surface area contributed by atoms with Gasteiger partial charge in [-0.15, -0.1) is 0 Å². The first-order valence-corrected chi connectivity index (χ1v) is 16.2. The Kier molecular flexibility index (Phi) is 4.86. The molecule has 10 rings (SSSR count). The van der Waals surface area contributed by atoms with E-state index in [0.29, 0.717) is 0 Å². The van der Waals surface area contributed by atoms with E-state index in [9.17, 15) is 0 Å².